The number of nitriles is 1. The number of ketones is 2. The molecule has 0 bridgehead atoms. The SMILES string of the molecule is CNC(=O)CCC12CCC(C)(C)CC1C1C(=O)C=C3C4(C)C(CCC3(C)C1(C)CC2)C(C)(C)C(=O)C1(C#N)OC14. The van der Waals surface area contributed by atoms with E-state index in [2.05, 4.69) is 46.0 Å². The zero-order chi connectivity index (χ0) is 29.3. The van der Waals surface area contributed by atoms with Crippen molar-refractivity contribution in [2.45, 2.75) is 118 Å². The predicted octanol–water partition coefficient (Wildman–Crippen LogP) is 5.94. The summed E-state index contributed by atoms with van der Waals surface area (Å²) in [6.45, 7) is 15.6. The van der Waals surface area contributed by atoms with Crippen LogP contribution in [-0.2, 0) is 19.1 Å². The predicted molar refractivity (Wildman–Crippen MR) is 152 cm³/mol. The van der Waals surface area contributed by atoms with Gasteiger partial charge in [0.2, 0.25) is 11.5 Å². The molecule has 1 aliphatic heterocycles. The molecule has 1 saturated heterocycles. The largest absolute Gasteiger partial charge is 0.359 e. The van der Waals surface area contributed by atoms with Gasteiger partial charge in [-0.3, -0.25) is 14.4 Å². The van der Waals surface area contributed by atoms with E-state index in [1.165, 1.54) is 0 Å². The van der Waals surface area contributed by atoms with Crippen LogP contribution in [0.25, 0.3) is 0 Å². The average molecular weight is 549 g/mol. The zero-order valence-electron chi connectivity index (χ0n) is 25.8. The summed E-state index contributed by atoms with van der Waals surface area (Å²) in [5.74, 6) is 0.402. The molecule has 0 aromatic heterocycles. The van der Waals surface area contributed by atoms with E-state index in [1.54, 1.807) is 7.05 Å². The van der Waals surface area contributed by atoms with Gasteiger partial charge >= 0.3 is 0 Å². The Morgan fingerprint density at radius 1 is 1.05 bits per heavy atom. The summed E-state index contributed by atoms with van der Waals surface area (Å²) >= 11 is 0. The minimum atomic E-state index is -1.39. The number of ether oxygens (including phenoxy) is 1. The summed E-state index contributed by atoms with van der Waals surface area (Å²) in [4.78, 5) is 40.6. The molecule has 9 atom stereocenters. The summed E-state index contributed by atoms with van der Waals surface area (Å²) in [6.07, 6.45) is 9.89. The van der Waals surface area contributed by atoms with Gasteiger partial charge in [0.1, 0.15) is 12.2 Å². The van der Waals surface area contributed by atoms with Gasteiger partial charge in [-0.1, -0.05) is 54.0 Å². The van der Waals surface area contributed by atoms with E-state index < -0.39 is 22.5 Å². The fourth-order valence-electron chi connectivity index (χ4n) is 11.5. The van der Waals surface area contributed by atoms with Gasteiger partial charge in [0.25, 0.3) is 0 Å². The Balaban J connectivity index is 1.47. The maximum Gasteiger partial charge on any atom is 0.240 e. The molecule has 1 N–H and O–H groups in total. The molecular weight excluding hydrogens is 500 g/mol. The number of allylic oxidation sites excluding steroid dienone is 1. The van der Waals surface area contributed by atoms with Crippen molar-refractivity contribution in [3.05, 3.63) is 11.6 Å². The maximum atomic E-state index is 14.6. The third-order valence-corrected chi connectivity index (χ3v) is 14.0. The van der Waals surface area contributed by atoms with E-state index >= 15 is 0 Å². The highest BCUT2D eigenvalue weighted by Gasteiger charge is 2.82. The molecule has 5 aliphatic carbocycles. The highest BCUT2D eigenvalue weighted by atomic mass is 16.6. The van der Waals surface area contributed by atoms with Crippen LogP contribution >= 0.6 is 0 Å². The van der Waals surface area contributed by atoms with Gasteiger partial charge in [-0.25, -0.2) is 0 Å². The molecular formula is C34H48N2O4. The molecule has 9 unspecified atom stereocenters. The van der Waals surface area contributed by atoms with Crippen LogP contribution in [0.1, 0.15) is 106 Å². The lowest BCUT2D eigenvalue weighted by Crippen LogP contribution is -2.67. The Hall–Kier alpha value is -2.00. The monoisotopic (exact) mass is 548 g/mol. The Labute approximate surface area is 240 Å². The number of carbonyl (C=O) groups is 3. The molecule has 0 spiro atoms. The van der Waals surface area contributed by atoms with E-state index in [9.17, 15) is 19.6 Å². The van der Waals surface area contributed by atoms with Gasteiger partial charge in [0.05, 0.1) is 0 Å². The first-order chi connectivity index (χ1) is 18.5. The molecule has 6 aliphatic rings. The van der Waals surface area contributed by atoms with Crippen LogP contribution in [0.4, 0.5) is 0 Å². The summed E-state index contributed by atoms with van der Waals surface area (Å²) in [6, 6.07) is 2.27. The van der Waals surface area contributed by atoms with Crippen LogP contribution in [-0.4, -0.2) is 36.2 Å². The number of nitrogens with zero attached hydrogens (tertiary/aromatic N) is 1. The van der Waals surface area contributed by atoms with Gasteiger partial charge < -0.3 is 10.1 Å². The van der Waals surface area contributed by atoms with Crippen LogP contribution < -0.4 is 5.32 Å². The molecule has 0 aromatic carbocycles. The molecule has 4 saturated carbocycles. The zero-order valence-corrected chi connectivity index (χ0v) is 25.8. The molecule has 218 valence electrons. The molecule has 0 aromatic rings. The Morgan fingerprint density at radius 3 is 2.38 bits per heavy atom. The molecule has 6 nitrogen and oxygen atoms in total. The van der Waals surface area contributed by atoms with Crippen LogP contribution in [0, 0.1) is 61.6 Å². The van der Waals surface area contributed by atoms with Crippen molar-refractivity contribution in [2.24, 2.45) is 50.2 Å². The van der Waals surface area contributed by atoms with Crippen LogP contribution in [0.15, 0.2) is 11.6 Å². The number of amides is 1. The second kappa shape index (κ2) is 8.09. The van der Waals surface area contributed by atoms with Crippen LogP contribution in [0.3, 0.4) is 0 Å². The number of Topliss-reactive ketones (excluding diaryl/α,β-unsaturated/α-hetero) is 1. The fourth-order valence-corrected chi connectivity index (χ4v) is 11.5. The number of carbonyl (C=O) groups excluding carboxylic acids is 3. The number of fused-ring (bicyclic) bond motifs is 9. The topological polar surface area (TPSA) is 99.6 Å². The Bertz CT molecular complexity index is 1270. The van der Waals surface area contributed by atoms with Crippen molar-refractivity contribution in [3.63, 3.8) is 0 Å². The Morgan fingerprint density at radius 2 is 1.73 bits per heavy atom. The molecule has 0 radical (unpaired) electrons. The summed E-state index contributed by atoms with van der Waals surface area (Å²) in [5, 5.41) is 13.0. The summed E-state index contributed by atoms with van der Waals surface area (Å²) < 4.78 is 6.13. The van der Waals surface area contributed by atoms with Gasteiger partial charge in [-0.2, -0.15) is 5.26 Å². The quantitative estimate of drug-likeness (QED) is 0.440. The molecule has 6 heteroatoms. The number of nitrogens with one attached hydrogen (secondary N) is 1. The third-order valence-electron chi connectivity index (χ3n) is 14.0. The lowest BCUT2D eigenvalue weighted by molar-refractivity contribution is -0.176. The van der Waals surface area contributed by atoms with Crippen LogP contribution in [0.5, 0.6) is 0 Å². The van der Waals surface area contributed by atoms with E-state index in [1.807, 2.05) is 19.9 Å². The van der Waals surface area contributed by atoms with E-state index in [0.717, 1.165) is 56.9 Å². The number of epoxide rings is 1. The first kappa shape index (κ1) is 28.1. The van der Waals surface area contributed by atoms with Gasteiger partial charge in [-0.15, -0.1) is 0 Å². The van der Waals surface area contributed by atoms with Gasteiger partial charge in [-0.05, 0) is 90.9 Å². The van der Waals surface area contributed by atoms with Crippen molar-refractivity contribution in [3.8, 4) is 6.07 Å². The lowest BCUT2D eigenvalue weighted by Gasteiger charge is -2.69. The molecule has 5 fully saturated rings. The number of hydrogen-bond acceptors (Lipinski definition) is 5. The highest BCUT2D eigenvalue weighted by Crippen LogP contribution is 2.78. The van der Waals surface area contributed by atoms with Crippen LogP contribution in [0.2, 0.25) is 0 Å². The number of rotatable bonds is 3. The molecule has 40 heavy (non-hydrogen) atoms. The first-order valence-corrected chi connectivity index (χ1v) is 15.6. The van der Waals surface area contributed by atoms with Gasteiger partial charge in [0.15, 0.2) is 11.6 Å². The van der Waals surface area contributed by atoms with Crippen molar-refractivity contribution >= 4 is 17.5 Å². The normalized spacial score (nSPS) is 49.6. The fraction of sp³-hybridized carbons (Fsp3) is 0.824. The summed E-state index contributed by atoms with van der Waals surface area (Å²) in [5.41, 5.74) is -1.77. The summed E-state index contributed by atoms with van der Waals surface area (Å²) in [7, 11) is 1.71. The smallest absolute Gasteiger partial charge is 0.240 e. The molecule has 6 rings (SSSR count). The standard InChI is InChI=1S/C34H48N2O4/c1-28(2)13-15-33(12-10-24(38)36-8)16-14-31(6)25(20(33)18-28)21(37)17-23-30(31,5)11-9-22-29(3,4)26(39)34(19-35)27(40-34)32(22,23)7/h17,20,22,25,27H,9-16,18H2,1-8H3,(H,36,38). The molecule has 1 heterocycles. The van der Waals surface area contributed by atoms with E-state index in [0.29, 0.717) is 6.42 Å². The number of hydrogen-bond donors (Lipinski definition) is 1. The second-order valence-corrected chi connectivity index (χ2v) is 16.5. The third kappa shape index (κ3) is 3.17. The van der Waals surface area contributed by atoms with E-state index in [-0.39, 0.29) is 56.9 Å². The minimum Gasteiger partial charge on any atom is -0.359 e. The first-order valence-electron chi connectivity index (χ1n) is 15.6. The average Bonchev–Trinajstić information content (AvgIpc) is 3.65. The maximum absolute atomic E-state index is 14.6. The Kier molecular flexibility index (Phi) is 5.69. The second-order valence-electron chi connectivity index (χ2n) is 16.5. The van der Waals surface area contributed by atoms with Crippen molar-refractivity contribution in [1.82, 2.24) is 5.32 Å². The van der Waals surface area contributed by atoms with Crippen molar-refractivity contribution in [2.75, 3.05) is 7.05 Å². The van der Waals surface area contributed by atoms with Crippen molar-refractivity contribution in [1.29, 1.82) is 5.26 Å². The molecule has 1 amide bonds. The minimum absolute atomic E-state index is 0.0134. The lowest BCUT2D eigenvalue weighted by atomic mass is 9.33. The van der Waals surface area contributed by atoms with Crippen molar-refractivity contribution < 1.29 is 19.1 Å². The highest BCUT2D eigenvalue weighted by molar-refractivity contribution is 6.01. The van der Waals surface area contributed by atoms with Gasteiger partial charge in [0, 0.05) is 30.2 Å². The van der Waals surface area contributed by atoms with E-state index in [4.69, 9.17) is 4.74 Å².